The third kappa shape index (κ3) is 5.59. The van der Waals surface area contributed by atoms with Crippen LogP contribution in [0.25, 0.3) is 0 Å². The monoisotopic (exact) mass is 391 g/mol. The van der Waals surface area contributed by atoms with Gasteiger partial charge in [0.05, 0.1) is 12.5 Å². The molecule has 8 heteroatoms. The van der Waals surface area contributed by atoms with Crippen LogP contribution in [-0.4, -0.2) is 49.7 Å². The van der Waals surface area contributed by atoms with E-state index in [0.29, 0.717) is 25.9 Å². The SMILES string of the molecule is Cl.O=C(NCC1NCCc2ccccc21)C1CCCN(CC(F)(F)F)C1. The number of benzene rings is 1. The Labute approximate surface area is 157 Å². The summed E-state index contributed by atoms with van der Waals surface area (Å²) < 4.78 is 37.6. The van der Waals surface area contributed by atoms with Crippen molar-refractivity contribution in [3.05, 3.63) is 35.4 Å². The Bertz CT molecular complexity index is 612. The van der Waals surface area contributed by atoms with Gasteiger partial charge in [0.15, 0.2) is 0 Å². The lowest BCUT2D eigenvalue weighted by Crippen LogP contribution is -2.47. The molecule has 0 aliphatic carbocycles. The van der Waals surface area contributed by atoms with Crippen LogP contribution >= 0.6 is 12.4 Å². The number of rotatable bonds is 4. The molecule has 2 N–H and O–H groups in total. The average molecular weight is 392 g/mol. The van der Waals surface area contributed by atoms with Gasteiger partial charge in [0.25, 0.3) is 0 Å². The first-order valence-electron chi connectivity index (χ1n) is 8.80. The number of carbonyl (C=O) groups excluding carboxylic acids is 1. The summed E-state index contributed by atoms with van der Waals surface area (Å²) in [5, 5.41) is 6.34. The fourth-order valence-corrected chi connectivity index (χ4v) is 3.79. The Morgan fingerprint density at radius 1 is 1.31 bits per heavy atom. The second-order valence-corrected chi connectivity index (χ2v) is 6.89. The van der Waals surface area contributed by atoms with Gasteiger partial charge in [0.1, 0.15) is 0 Å². The maximum Gasteiger partial charge on any atom is 0.401 e. The highest BCUT2D eigenvalue weighted by Gasteiger charge is 2.34. The predicted molar refractivity (Wildman–Crippen MR) is 96.4 cm³/mol. The van der Waals surface area contributed by atoms with Crippen LogP contribution in [0.3, 0.4) is 0 Å². The Balaban J connectivity index is 0.00000243. The van der Waals surface area contributed by atoms with Gasteiger partial charge in [0.2, 0.25) is 5.91 Å². The lowest BCUT2D eigenvalue weighted by Gasteiger charge is -2.33. The summed E-state index contributed by atoms with van der Waals surface area (Å²) in [6, 6.07) is 8.21. The van der Waals surface area contributed by atoms with Crippen molar-refractivity contribution in [2.75, 3.05) is 32.7 Å². The molecule has 0 radical (unpaired) electrons. The molecule has 1 amide bonds. The van der Waals surface area contributed by atoms with Crippen LogP contribution in [0.15, 0.2) is 24.3 Å². The second kappa shape index (κ2) is 9.06. The maximum absolute atomic E-state index is 12.5. The topological polar surface area (TPSA) is 44.4 Å². The minimum absolute atomic E-state index is 0. The number of fused-ring (bicyclic) bond motifs is 1. The van der Waals surface area contributed by atoms with E-state index < -0.39 is 12.7 Å². The first-order valence-corrected chi connectivity index (χ1v) is 8.80. The lowest BCUT2D eigenvalue weighted by atomic mass is 9.93. The highest BCUT2D eigenvalue weighted by atomic mass is 35.5. The Morgan fingerprint density at radius 2 is 2.08 bits per heavy atom. The summed E-state index contributed by atoms with van der Waals surface area (Å²) in [4.78, 5) is 13.8. The lowest BCUT2D eigenvalue weighted by molar-refractivity contribution is -0.152. The fraction of sp³-hybridized carbons (Fsp3) is 0.611. The van der Waals surface area contributed by atoms with Crippen molar-refractivity contribution >= 4 is 18.3 Å². The largest absolute Gasteiger partial charge is 0.401 e. The van der Waals surface area contributed by atoms with Crippen molar-refractivity contribution in [2.24, 2.45) is 5.92 Å². The van der Waals surface area contributed by atoms with Gasteiger partial charge in [-0.1, -0.05) is 24.3 Å². The molecular weight excluding hydrogens is 367 g/mol. The van der Waals surface area contributed by atoms with Gasteiger partial charge < -0.3 is 10.6 Å². The summed E-state index contributed by atoms with van der Waals surface area (Å²) in [5.41, 5.74) is 2.48. The minimum Gasteiger partial charge on any atom is -0.354 e. The van der Waals surface area contributed by atoms with Crippen molar-refractivity contribution in [2.45, 2.75) is 31.5 Å². The fourth-order valence-electron chi connectivity index (χ4n) is 3.79. The summed E-state index contributed by atoms with van der Waals surface area (Å²) >= 11 is 0. The first kappa shape index (κ1) is 21.0. The molecule has 0 spiro atoms. The molecular formula is C18H25ClF3N3O. The van der Waals surface area contributed by atoms with Crippen molar-refractivity contribution in [1.82, 2.24) is 15.5 Å². The minimum atomic E-state index is -4.21. The zero-order valence-corrected chi connectivity index (χ0v) is 15.3. The number of carbonyl (C=O) groups is 1. The Morgan fingerprint density at radius 3 is 2.85 bits per heavy atom. The number of halogens is 4. The molecule has 0 saturated carbocycles. The third-order valence-electron chi connectivity index (χ3n) is 4.98. The molecule has 1 aromatic rings. The van der Waals surface area contributed by atoms with E-state index in [-0.39, 0.29) is 36.8 Å². The molecule has 1 saturated heterocycles. The number of alkyl halides is 3. The number of likely N-dealkylation sites (tertiary alicyclic amines) is 1. The normalized spacial score (nSPS) is 23.7. The zero-order valence-electron chi connectivity index (χ0n) is 14.5. The van der Waals surface area contributed by atoms with E-state index in [0.717, 1.165) is 13.0 Å². The molecule has 2 aliphatic heterocycles. The van der Waals surface area contributed by atoms with E-state index in [1.165, 1.54) is 16.0 Å². The molecule has 4 nitrogen and oxygen atoms in total. The van der Waals surface area contributed by atoms with Gasteiger partial charge in [0, 0.05) is 19.1 Å². The van der Waals surface area contributed by atoms with Gasteiger partial charge in [-0.05, 0) is 43.5 Å². The number of hydrogen-bond donors (Lipinski definition) is 2. The number of nitrogens with zero attached hydrogens (tertiary/aromatic N) is 1. The molecule has 2 aliphatic rings. The number of amides is 1. The van der Waals surface area contributed by atoms with Crippen LogP contribution < -0.4 is 10.6 Å². The van der Waals surface area contributed by atoms with Crippen LogP contribution in [0.2, 0.25) is 0 Å². The van der Waals surface area contributed by atoms with Crippen LogP contribution in [0.4, 0.5) is 13.2 Å². The van der Waals surface area contributed by atoms with E-state index in [4.69, 9.17) is 0 Å². The van der Waals surface area contributed by atoms with Gasteiger partial charge in [-0.3, -0.25) is 9.69 Å². The summed E-state index contributed by atoms with van der Waals surface area (Å²) in [6.45, 7) is 0.973. The highest BCUT2D eigenvalue weighted by Crippen LogP contribution is 2.24. The second-order valence-electron chi connectivity index (χ2n) is 6.89. The van der Waals surface area contributed by atoms with Crippen LogP contribution in [0.1, 0.15) is 30.0 Å². The van der Waals surface area contributed by atoms with E-state index >= 15 is 0 Å². The Hall–Kier alpha value is -1.31. The average Bonchev–Trinajstić information content (AvgIpc) is 2.58. The molecule has 2 unspecified atom stereocenters. The highest BCUT2D eigenvalue weighted by molar-refractivity contribution is 5.85. The molecule has 2 heterocycles. The standard InChI is InChI=1S/C18H24F3N3O.ClH/c19-18(20,21)12-24-9-3-5-14(11-24)17(25)23-10-16-15-6-2-1-4-13(15)7-8-22-16;/h1-2,4,6,14,16,22H,3,5,7-12H2,(H,23,25);1H. The van der Waals surface area contributed by atoms with Gasteiger partial charge in [-0.25, -0.2) is 0 Å². The van der Waals surface area contributed by atoms with Gasteiger partial charge >= 0.3 is 6.18 Å². The van der Waals surface area contributed by atoms with Crippen molar-refractivity contribution in [1.29, 1.82) is 0 Å². The summed E-state index contributed by atoms with van der Waals surface area (Å²) in [7, 11) is 0. The van der Waals surface area contributed by atoms with Crippen molar-refractivity contribution in [3.8, 4) is 0 Å². The summed E-state index contributed by atoms with van der Waals surface area (Å²) in [5.74, 6) is -0.508. The molecule has 26 heavy (non-hydrogen) atoms. The maximum atomic E-state index is 12.5. The number of nitrogens with one attached hydrogen (secondary N) is 2. The summed E-state index contributed by atoms with van der Waals surface area (Å²) in [6.07, 6.45) is -1.97. The van der Waals surface area contributed by atoms with E-state index in [1.54, 1.807) is 0 Å². The van der Waals surface area contributed by atoms with E-state index in [1.807, 2.05) is 12.1 Å². The smallest absolute Gasteiger partial charge is 0.354 e. The molecule has 0 bridgehead atoms. The van der Waals surface area contributed by atoms with Crippen molar-refractivity contribution < 1.29 is 18.0 Å². The third-order valence-corrected chi connectivity index (χ3v) is 4.98. The van der Waals surface area contributed by atoms with Crippen LogP contribution in [-0.2, 0) is 11.2 Å². The van der Waals surface area contributed by atoms with Gasteiger partial charge in [-0.2, -0.15) is 13.2 Å². The molecule has 1 fully saturated rings. The molecule has 1 aromatic carbocycles. The molecule has 0 aromatic heterocycles. The van der Waals surface area contributed by atoms with Crippen molar-refractivity contribution in [3.63, 3.8) is 0 Å². The van der Waals surface area contributed by atoms with Crippen LogP contribution in [0, 0.1) is 5.92 Å². The molecule has 146 valence electrons. The number of hydrogen-bond acceptors (Lipinski definition) is 3. The van der Waals surface area contributed by atoms with E-state index in [2.05, 4.69) is 22.8 Å². The predicted octanol–water partition coefficient (Wildman–Crippen LogP) is 2.69. The van der Waals surface area contributed by atoms with Gasteiger partial charge in [-0.15, -0.1) is 12.4 Å². The Kier molecular flexibility index (Phi) is 7.32. The molecule has 3 rings (SSSR count). The quantitative estimate of drug-likeness (QED) is 0.829. The van der Waals surface area contributed by atoms with E-state index in [9.17, 15) is 18.0 Å². The first-order chi connectivity index (χ1) is 11.9. The van der Waals surface area contributed by atoms with Crippen LogP contribution in [0.5, 0.6) is 0 Å². The molecule has 2 atom stereocenters. The zero-order chi connectivity index (χ0) is 17.9. The number of piperidine rings is 1.